The molecule has 1 fully saturated rings. The number of nitrogens with zero attached hydrogens (tertiary/aromatic N) is 1. The second kappa shape index (κ2) is 5.46. The van der Waals surface area contributed by atoms with Crippen LogP contribution in [-0.2, 0) is 19.7 Å². The molecule has 0 bridgehead atoms. The molecule has 1 amide bonds. The molecule has 0 aliphatic carbocycles. The Labute approximate surface area is 94.9 Å². The van der Waals surface area contributed by atoms with Crippen molar-refractivity contribution in [3.8, 4) is 0 Å². The fraction of sp³-hybridized carbons (Fsp3) is 0.875. The smallest absolute Gasteiger partial charge is 0.422 e. The number of carbonyl (C=O) groups is 1. The summed E-state index contributed by atoms with van der Waals surface area (Å²) in [7, 11) is -3.80. The second-order valence-electron chi connectivity index (χ2n) is 3.57. The van der Waals surface area contributed by atoms with Gasteiger partial charge >= 0.3 is 16.3 Å². The summed E-state index contributed by atoms with van der Waals surface area (Å²) in [6.45, 7) is 4.43. The SMILES string of the molecule is CC(C)OC(=O)NS(=O)(=O)N1CCOCC1. The third-order valence-corrected chi connectivity index (χ3v) is 3.33. The molecule has 1 N–H and O–H groups in total. The maximum Gasteiger partial charge on any atom is 0.422 e. The summed E-state index contributed by atoms with van der Waals surface area (Å²) < 4.78 is 36.0. The van der Waals surface area contributed by atoms with E-state index in [-0.39, 0.29) is 19.2 Å². The van der Waals surface area contributed by atoms with Gasteiger partial charge < -0.3 is 9.47 Å². The van der Waals surface area contributed by atoms with Gasteiger partial charge in [-0.05, 0) is 13.8 Å². The fourth-order valence-corrected chi connectivity index (χ4v) is 2.21. The maximum atomic E-state index is 11.6. The topological polar surface area (TPSA) is 84.9 Å². The molecule has 0 aromatic carbocycles. The van der Waals surface area contributed by atoms with Crippen LogP contribution >= 0.6 is 0 Å². The van der Waals surface area contributed by atoms with Crippen molar-refractivity contribution >= 4 is 16.3 Å². The minimum Gasteiger partial charge on any atom is -0.446 e. The molecule has 0 unspecified atom stereocenters. The molecule has 0 spiro atoms. The summed E-state index contributed by atoms with van der Waals surface area (Å²) in [6, 6.07) is 0. The van der Waals surface area contributed by atoms with Crippen LogP contribution in [-0.4, -0.2) is 51.2 Å². The molecule has 7 nitrogen and oxygen atoms in total. The van der Waals surface area contributed by atoms with Crippen LogP contribution in [0.3, 0.4) is 0 Å². The number of hydrogen-bond acceptors (Lipinski definition) is 5. The van der Waals surface area contributed by atoms with Gasteiger partial charge in [-0.3, -0.25) is 0 Å². The first-order valence-electron chi connectivity index (χ1n) is 4.98. The zero-order chi connectivity index (χ0) is 12.2. The Hall–Kier alpha value is -0.860. The Bertz CT molecular complexity index is 334. The lowest BCUT2D eigenvalue weighted by Gasteiger charge is -2.25. The third-order valence-electron chi connectivity index (χ3n) is 1.87. The van der Waals surface area contributed by atoms with Crippen molar-refractivity contribution in [2.45, 2.75) is 20.0 Å². The first-order valence-corrected chi connectivity index (χ1v) is 6.42. The highest BCUT2D eigenvalue weighted by atomic mass is 32.2. The van der Waals surface area contributed by atoms with E-state index in [4.69, 9.17) is 4.74 Å². The maximum absolute atomic E-state index is 11.6. The summed E-state index contributed by atoms with van der Waals surface area (Å²) in [5.74, 6) is 0. The van der Waals surface area contributed by atoms with Crippen molar-refractivity contribution in [3.05, 3.63) is 0 Å². The van der Waals surface area contributed by atoms with Gasteiger partial charge in [0, 0.05) is 13.1 Å². The van der Waals surface area contributed by atoms with Crippen LogP contribution in [0, 0.1) is 0 Å². The van der Waals surface area contributed by atoms with Crippen LogP contribution in [0.15, 0.2) is 0 Å². The molecular formula is C8H16N2O5S. The van der Waals surface area contributed by atoms with Gasteiger partial charge in [-0.25, -0.2) is 9.52 Å². The van der Waals surface area contributed by atoms with E-state index in [1.807, 2.05) is 4.72 Å². The van der Waals surface area contributed by atoms with Gasteiger partial charge in [0.05, 0.1) is 19.3 Å². The molecule has 0 aromatic rings. The van der Waals surface area contributed by atoms with Crippen molar-refractivity contribution in [1.29, 1.82) is 0 Å². The number of amides is 1. The number of morpholine rings is 1. The summed E-state index contributed by atoms with van der Waals surface area (Å²) in [6.07, 6.45) is -1.32. The van der Waals surface area contributed by atoms with Crippen LogP contribution in [0.2, 0.25) is 0 Å². The summed E-state index contributed by atoms with van der Waals surface area (Å²) in [5, 5.41) is 0. The largest absolute Gasteiger partial charge is 0.446 e. The van der Waals surface area contributed by atoms with Gasteiger partial charge in [-0.15, -0.1) is 0 Å². The number of nitrogens with one attached hydrogen (secondary N) is 1. The minimum atomic E-state index is -3.80. The molecule has 1 heterocycles. The zero-order valence-electron chi connectivity index (χ0n) is 9.30. The molecule has 8 heteroatoms. The Kier molecular flexibility index (Phi) is 4.51. The fourth-order valence-electron chi connectivity index (χ4n) is 1.19. The Morgan fingerprint density at radius 2 is 1.94 bits per heavy atom. The minimum absolute atomic E-state index is 0.240. The van der Waals surface area contributed by atoms with Crippen molar-refractivity contribution in [2.75, 3.05) is 26.3 Å². The van der Waals surface area contributed by atoms with Gasteiger partial charge in [-0.2, -0.15) is 12.7 Å². The molecule has 1 aliphatic heterocycles. The Balaban J connectivity index is 2.53. The van der Waals surface area contributed by atoms with Crippen molar-refractivity contribution in [3.63, 3.8) is 0 Å². The van der Waals surface area contributed by atoms with Gasteiger partial charge in [0.15, 0.2) is 0 Å². The lowest BCUT2D eigenvalue weighted by molar-refractivity contribution is 0.0718. The average molecular weight is 252 g/mol. The molecule has 0 aromatic heterocycles. The van der Waals surface area contributed by atoms with E-state index < -0.39 is 16.3 Å². The lowest BCUT2D eigenvalue weighted by atomic mass is 10.5. The van der Waals surface area contributed by atoms with E-state index in [1.165, 1.54) is 0 Å². The molecule has 1 aliphatic rings. The second-order valence-corrected chi connectivity index (χ2v) is 5.24. The van der Waals surface area contributed by atoms with Crippen LogP contribution in [0.5, 0.6) is 0 Å². The van der Waals surface area contributed by atoms with Crippen molar-refractivity contribution in [2.24, 2.45) is 0 Å². The van der Waals surface area contributed by atoms with Crippen molar-refractivity contribution in [1.82, 2.24) is 9.03 Å². The zero-order valence-corrected chi connectivity index (χ0v) is 10.1. The number of rotatable bonds is 3. The van der Waals surface area contributed by atoms with Crippen LogP contribution in [0.4, 0.5) is 4.79 Å². The number of carbonyl (C=O) groups excluding carboxylic acids is 1. The van der Waals surface area contributed by atoms with E-state index in [9.17, 15) is 13.2 Å². The quantitative estimate of drug-likeness (QED) is 0.745. The average Bonchev–Trinajstić information content (AvgIpc) is 2.16. The Morgan fingerprint density at radius 1 is 1.38 bits per heavy atom. The van der Waals surface area contributed by atoms with Crippen LogP contribution < -0.4 is 4.72 Å². The lowest BCUT2D eigenvalue weighted by Crippen LogP contribution is -2.48. The predicted octanol–water partition coefficient (Wildman–Crippen LogP) is -0.302. The van der Waals surface area contributed by atoms with E-state index in [1.54, 1.807) is 13.8 Å². The van der Waals surface area contributed by atoms with Gasteiger partial charge in [0.2, 0.25) is 0 Å². The number of ether oxygens (including phenoxy) is 2. The van der Waals surface area contributed by atoms with Crippen LogP contribution in [0.1, 0.15) is 13.8 Å². The summed E-state index contributed by atoms with van der Waals surface area (Å²) in [4.78, 5) is 11.1. The molecule has 1 rings (SSSR count). The molecule has 16 heavy (non-hydrogen) atoms. The normalized spacial score (nSPS) is 18.4. The first kappa shape index (κ1) is 13.2. The highest BCUT2D eigenvalue weighted by Gasteiger charge is 2.26. The molecular weight excluding hydrogens is 236 g/mol. The summed E-state index contributed by atoms with van der Waals surface area (Å²) in [5.41, 5.74) is 0. The van der Waals surface area contributed by atoms with Gasteiger partial charge in [0.25, 0.3) is 0 Å². The van der Waals surface area contributed by atoms with Gasteiger partial charge in [0.1, 0.15) is 0 Å². The predicted molar refractivity (Wildman–Crippen MR) is 56.1 cm³/mol. The van der Waals surface area contributed by atoms with Crippen LogP contribution in [0.25, 0.3) is 0 Å². The van der Waals surface area contributed by atoms with Gasteiger partial charge in [-0.1, -0.05) is 0 Å². The first-order chi connectivity index (χ1) is 7.42. The molecule has 94 valence electrons. The van der Waals surface area contributed by atoms with E-state index in [2.05, 4.69) is 4.74 Å². The molecule has 0 saturated carbocycles. The molecule has 0 radical (unpaired) electrons. The number of hydrogen-bond donors (Lipinski definition) is 1. The van der Waals surface area contributed by atoms with E-state index in [0.29, 0.717) is 13.2 Å². The monoisotopic (exact) mass is 252 g/mol. The molecule has 1 saturated heterocycles. The van der Waals surface area contributed by atoms with E-state index in [0.717, 1.165) is 4.31 Å². The standard InChI is InChI=1S/C8H16N2O5S/c1-7(2)15-8(11)9-16(12,13)10-3-5-14-6-4-10/h7H,3-6H2,1-2H3,(H,9,11). The van der Waals surface area contributed by atoms with Crippen molar-refractivity contribution < 1.29 is 22.7 Å². The highest BCUT2D eigenvalue weighted by molar-refractivity contribution is 7.87. The third kappa shape index (κ3) is 3.95. The molecule has 0 atom stereocenters. The highest BCUT2D eigenvalue weighted by Crippen LogP contribution is 2.03. The summed E-state index contributed by atoms with van der Waals surface area (Å²) >= 11 is 0. The Morgan fingerprint density at radius 3 is 2.44 bits per heavy atom. The van der Waals surface area contributed by atoms with E-state index >= 15 is 0 Å².